The number of nitrogens with one attached hydrogen (secondary N) is 2. The van der Waals surface area contributed by atoms with Crippen LogP contribution in [0.4, 0.5) is 24.9 Å². The van der Waals surface area contributed by atoms with E-state index < -0.39 is 6.36 Å². The lowest BCUT2D eigenvalue weighted by Gasteiger charge is -2.16. The van der Waals surface area contributed by atoms with E-state index in [-0.39, 0.29) is 60.1 Å². The van der Waals surface area contributed by atoms with Crippen molar-refractivity contribution < 1.29 is 22.7 Å². The minimum absolute atomic E-state index is 0.000685. The molecule has 1 aliphatic rings. The van der Waals surface area contributed by atoms with Crippen molar-refractivity contribution in [2.45, 2.75) is 31.8 Å². The third kappa shape index (κ3) is 6.45. The van der Waals surface area contributed by atoms with Gasteiger partial charge < -0.3 is 26.0 Å². The van der Waals surface area contributed by atoms with Gasteiger partial charge in [-0.05, 0) is 12.5 Å². The highest BCUT2D eigenvalue weighted by molar-refractivity contribution is 5.77. The monoisotopic (exact) mass is 449 g/mol. The Bertz CT molecular complexity index is 994. The molecule has 2 aromatic rings. The second-order valence-electron chi connectivity index (χ2n) is 7.14. The molecule has 4 N–H and O–H groups in total. The maximum atomic E-state index is 12.6. The van der Waals surface area contributed by atoms with Gasteiger partial charge in [0.25, 0.3) is 0 Å². The van der Waals surface area contributed by atoms with Crippen LogP contribution in [-0.4, -0.2) is 52.8 Å². The Labute approximate surface area is 182 Å². The summed E-state index contributed by atoms with van der Waals surface area (Å²) in [5, 5.41) is 15.0. The molecule has 3 rings (SSSR count). The van der Waals surface area contributed by atoms with Crippen molar-refractivity contribution in [3.63, 3.8) is 0 Å². The van der Waals surface area contributed by atoms with E-state index >= 15 is 0 Å². The van der Waals surface area contributed by atoms with Gasteiger partial charge in [-0.15, -0.1) is 13.2 Å². The molecule has 12 heteroatoms. The number of nitriles is 1. The summed E-state index contributed by atoms with van der Waals surface area (Å²) in [5.41, 5.74) is 6.24. The fourth-order valence-electron chi connectivity index (χ4n) is 3.19. The molecule has 1 fully saturated rings. The van der Waals surface area contributed by atoms with E-state index in [2.05, 4.69) is 25.3 Å². The maximum Gasteiger partial charge on any atom is 0.573 e. The van der Waals surface area contributed by atoms with Gasteiger partial charge in [0.1, 0.15) is 23.2 Å². The van der Waals surface area contributed by atoms with Crippen molar-refractivity contribution in [2.24, 2.45) is 5.73 Å². The lowest BCUT2D eigenvalue weighted by atomic mass is 10.2. The van der Waals surface area contributed by atoms with Gasteiger partial charge in [-0.1, -0.05) is 18.2 Å². The van der Waals surface area contributed by atoms with Crippen LogP contribution in [0.1, 0.15) is 24.0 Å². The van der Waals surface area contributed by atoms with Crippen LogP contribution in [0, 0.1) is 11.3 Å². The molecule has 1 aliphatic heterocycles. The number of aromatic nitrogens is 2. The molecule has 0 aliphatic carbocycles. The average molecular weight is 449 g/mol. The number of alkyl halides is 3. The Kier molecular flexibility index (Phi) is 7.32. The van der Waals surface area contributed by atoms with Gasteiger partial charge in [0, 0.05) is 44.2 Å². The molecular weight excluding hydrogens is 427 g/mol. The first-order chi connectivity index (χ1) is 15.2. The molecular formula is C20H22F3N7O2. The van der Waals surface area contributed by atoms with Crippen LogP contribution in [0.3, 0.4) is 0 Å². The number of ether oxygens (including phenoxy) is 1. The summed E-state index contributed by atoms with van der Waals surface area (Å²) >= 11 is 0. The molecule has 170 valence electrons. The molecule has 1 aromatic carbocycles. The fourth-order valence-corrected chi connectivity index (χ4v) is 3.19. The summed E-state index contributed by atoms with van der Waals surface area (Å²) in [7, 11) is 0. The number of halogens is 3. The Hall–Kier alpha value is -3.59. The standard InChI is InChI=1S/C20H22F3N7O2/c21-20(22,23)32-16-4-2-1-3-13(16)10-27-19-28-11-14(9-24)18(29-19)26-7-5-17(31)30-8-6-15(25)12-30/h1-4,11,15H,5-8,10,12,25H2,(H2,26,27,28,29)/t15-/m0/s1. The van der Waals surface area contributed by atoms with Gasteiger partial charge in [0.05, 0.1) is 6.20 Å². The van der Waals surface area contributed by atoms with Crippen molar-refractivity contribution >= 4 is 17.7 Å². The van der Waals surface area contributed by atoms with E-state index in [0.717, 1.165) is 6.42 Å². The summed E-state index contributed by atoms with van der Waals surface area (Å²) in [6.45, 7) is 1.37. The topological polar surface area (TPSA) is 129 Å². The van der Waals surface area contributed by atoms with E-state index in [0.29, 0.717) is 13.1 Å². The summed E-state index contributed by atoms with van der Waals surface area (Å²) in [6, 6.07) is 7.66. The zero-order chi connectivity index (χ0) is 23.1. The quantitative estimate of drug-likeness (QED) is 0.560. The van der Waals surface area contributed by atoms with E-state index in [1.165, 1.54) is 24.4 Å². The van der Waals surface area contributed by atoms with Crippen molar-refractivity contribution in [2.75, 3.05) is 30.3 Å². The number of para-hydroxylation sites is 1. The molecule has 2 heterocycles. The van der Waals surface area contributed by atoms with Crippen molar-refractivity contribution in [3.8, 4) is 11.8 Å². The number of hydrogen-bond donors (Lipinski definition) is 3. The summed E-state index contributed by atoms with van der Waals surface area (Å²) in [4.78, 5) is 22.1. The number of nitrogens with zero attached hydrogens (tertiary/aromatic N) is 4. The molecule has 0 radical (unpaired) electrons. The lowest BCUT2D eigenvalue weighted by Crippen LogP contribution is -2.32. The van der Waals surface area contributed by atoms with E-state index in [1.807, 2.05) is 6.07 Å². The highest BCUT2D eigenvalue weighted by Crippen LogP contribution is 2.26. The first-order valence-corrected chi connectivity index (χ1v) is 9.87. The second-order valence-corrected chi connectivity index (χ2v) is 7.14. The van der Waals surface area contributed by atoms with Crippen molar-refractivity contribution in [1.82, 2.24) is 14.9 Å². The highest BCUT2D eigenvalue weighted by Gasteiger charge is 2.32. The molecule has 1 atom stereocenters. The molecule has 0 saturated carbocycles. The van der Waals surface area contributed by atoms with Crippen LogP contribution < -0.4 is 21.1 Å². The number of carbonyl (C=O) groups excluding carboxylic acids is 1. The number of nitrogens with two attached hydrogens (primary N) is 1. The van der Waals surface area contributed by atoms with Crippen LogP contribution >= 0.6 is 0 Å². The molecule has 1 amide bonds. The van der Waals surface area contributed by atoms with Gasteiger partial charge in [-0.25, -0.2) is 4.98 Å². The van der Waals surface area contributed by atoms with Crippen LogP contribution in [0.2, 0.25) is 0 Å². The number of anilines is 2. The third-order valence-corrected chi connectivity index (χ3v) is 4.75. The van der Waals surface area contributed by atoms with E-state index in [9.17, 15) is 23.2 Å². The Morgan fingerprint density at radius 2 is 2.12 bits per heavy atom. The molecule has 9 nitrogen and oxygen atoms in total. The Morgan fingerprint density at radius 3 is 2.81 bits per heavy atom. The van der Waals surface area contributed by atoms with Crippen molar-refractivity contribution in [3.05, 3.63) is 41.6 Å². The molecule has 0 unspecified atom stereocenters. The van der Waals surface area contributed by atoms with Crippen LogP contribution in [0.5, 0.6) is 5.75 Å². The predicted molar refractivity (Wildman–Crippen MR) is 109 cm³/mol. The van der Waals surface area contributed by atoms with Gasteiger partial charge in [0.2, 0.25) is 11.9 Å². The molecule has 1 saturated heterocycles. The van der Waals surface area contributed by atoms with Crippen molar-refractivity contribution in [1.29, 1.82) is 5.26 Å². The number of amides is 1. The minimum atomic E-state index is -4.81. The first kappa shape index (κ1) is 23.1. The smallest absolute Gasteiger partial charge is 0.405 e. The largest absolute Gasteiger partial charge is 0.573 e. The molecule has 0 spiro atoms. The van der Waals surface area contributed by atoms with Crippen LogP contribution in [0.15, 0.2) is 30.5 Å². The van der Waals surface area contributed by atoms with Gasteiger partial charge in [0.15, 0.2) is 0 Å². The summed E-state index contributed by atoms with van der Waals surface area (Å²) < 4.78 is 41.7. The number of hydrogen-bond acceptors (Lipinski definition) is 8. The summed E-state index contributed by atoms with van der Waals surface area (Å²) in [6.07, 6.45) is -2.55. The van der Waals surface area contributed by atoms with Crippen LogP contribution in [-0.2, 0) is 11.3 Å². The minimum Gasteiger partial charge on any atom is -0.405 e. The highest BCUT2D eigenvalue weighted by atomic mass is 19.4. The molecule has 0 bridgehead atoms. The fraction of sp³-hybridized carbons (Fsp3) is 0.400. The normalized spacial score (nSPS) is 15.8. The van der Waals surface area contributed by atoms with E-state index in [1.54, 1.807) is 11.0 Å². The predicted octanol–water partition coefficient (Wildman–Crippen LogP) is 2.22. The maximum absolute atomic E-state index is 12.6. The van der Waals surface area contributed by atoms with Crippen LogP contribution in [0.25, 0.3) is 0 Å². The number of likely N-dealkylation sites (tertiary alicyclic amines) is 1. The zero-order valence-corrected chi connectivity index (χ0v) is 17.0. The Morgan fingerprint density at radius 1 is 1.34 bits per heavy atom. The molecule has 1 aromatic heterocycles. The first-order valence-electron chi connectivity index (χ1n) is 9.87. The number of benzene rings is 1. The molecule has 32 heavy (non-hydrogen) atoms. The van der Waals surface area contributed by atoms with Gasteiger partial charge in [-0.2, -0.15) is 10.2 Å². The van der Waals surface area contributed by atoms with E-state index in [4.69, 9.17) is 5.73 Å². The number of rotatable bonds is 8. The third-order valence-electron chi connectivity index (χ3n) is 4.75. The SMILES string of the molecule is N#Cc1cnc(NCc2ccccc2OC(F)(F)F)nc1NCCC(=O)N1CC[C@H](N)C1. The Balaban J connectivity index is 1.60. The van der Waals surface area contributed by atoms with Gasteiger partial charge in [-0.3, -0.25) is 4.79 Å². The second kappa shape index (κ2) is 10.1. The zero-order valence-electron chi connectivity index (χ0n) is 17.0. The average Bonchev–Trinajstić information content (AvgIpc) is 3.18. The lowest BCUT2D eigenvalue weighted by molar-refractivity contribution is -0.274. The van der Waals surface area contributed by atoms with Gasteiger partial charge >= 0.3 is 6.36 Å². The summed E-state index contributed by atoms with van der Waals surface area (Å²) in [5.74, 6) is -0.0572. The number of carbonyl (C=O) groups is 1.